The molecule has 1 aromatic carbocycles. The Labute approximate surface area is 148 Å². The van der Waals surface area contributed by atoms with E-state index in [9.17, 15) is 9.59 Å². The fourth-order valence-corrected chi connectivity index (χ4v) is 3.35. The highest BCUT2D eigenvalue weighted by Gasteiger charge is 2.24. The van der Waals surface area contributed by atoms with Gasteiger partial charge < -0.3 is 14.4 Å². The second-order valence-corrected chi connectivity index (χ2v) is 6.44. The van der Waals surface area contributed by atoms with E-state index in [-0.39, 0.29) is 11.5 Å². The number of benzene rings is 1. The number of hydrogen-bond acceptors (Lipinski definition) is 4. The lowest BCUT2D eigenvalue weighted by atomic mass is 10.2. The highest BCUT2D eigenvalue weighted by molar-refractivity contribution is 5.77. The van der Waals surface area contributed by atoms with Gasteiger partial charge in [0.05, 0.1) is 11.0 Å². The molecule has 134 valence electrons. The Hall–Kier alpha value is -2.37. The molecule has 1 saturated heterocycles. The second-order valence-electron chi connectivity index (χ2n) is 6.44. The van der Waals surface area contributed by atoms with Gasteiger partial charge in [-0.2, -0.15) is 0 Å². The quantitative estimate of drug-likeness (QED) is 0.836. The average Bonchev–Trinajstić information content (AvgIpc) is 2.66. The zero-order valence-electron chi connectivity index (χ0n) is 15.1. The maximum Gasteiger partial charge on any atom is 0.293 e. The zero-order valence-corrected chi connectivity index (χ0v) is 15.1. The molecule has 1 fully saturated rings. The minimum absolute atomic E-state index is 0.0491. The Morgan fingerprint density at radius 2 is 1.84 bits per heavy atom. The molecule has 0 N–H and O–H groups in total. The predicted octanol–water partition coefficient (Wildman–Crippen LogP) is 2.26. The van der Waals surface area contributed by atoms with Crippen molar-refractivity contribution in [3.8, 4) is 0 Å². The first kappa shape index (κ1) is 17.5. The number of aromatic nitrogens is 2. The highest BCUT2D eigenvalue weighted by atomic mass is 16.2. The SMILES string of the molecule is CCCCC(=O)N1CCN(c2nc3ccccc3n(CC)c2=O)CC1. The van der Waals surface area contributed by atoms with Crippen LogP contribution < -0.4 is 10.5 Å². The third-order valence-electron chi connectivity index (χ3n) is 4.83. The number of carbonyl (C=O) groups excluding carboxylic acids is 1. The molecule has 1 aliphatic heterocycles. The molecule has 0 bridgehead atoms. The fourth-order valence-electron chi connectivity index (χ4n) is 3.35. The molecule has 0 atom stereocenters. The Morgan fingerprint density at radius 1 is 1.12 bits per heavy atom. The Morgan fingerprint density at radius 3 is 2.52 bits per heavy atom. The minimum Gasteiger partial charge on any atom is -0.348 e. The summed E-state index contributed by atoms with van der Waals surface area (Å²) in [6.45, 7) is 7.30. The van der Waals surface area contributed by atoms with Crippen LogP contribution in [-0.4, -0.2) is 46.5 Å². The van der Waals surface area contributed by atoms with Crippen LogP contribution in [0.15, 0.2) is 29.1 Å². The summed E-state index contributed by atoms with van der Waals surface area (Å²) in [5.41, 5.74) is 1.65. The van der Waals surface area contributed by atoms with Crippen molar-refractivity contribution in [1.82, 2.24) is 14.5 Å². The lowest BCUT2D eigenvalue weighted by molar-refractivity contribution is -0.131. The normalized spacial score (nSPS) is 15.0. The molecular weight excluding hydrogens is 316 g/mol. The van der Waals surface area contributed by atoms with Crippen molar-refractivity contribution in [1.29, 1.82) is 0 Å². The first-order valence-corrected chi connectivity index (χ1v) is 9.18. The maximum atomic E-state index is 12.8. The topological polar surface area (TPSA) is 58.4 Å². The summed E-state index contributed by atoms with van der Waals surface area (Å²) >= 11 is 0. The van der Waals surface area contributed by atoms with E-state index in [0.29, 0.717) is 45.0 Å². The number of rotatable bonds is 5. The summed E-state index contributed by atoms with van der Waals surface area (Å²) in [6.07, 6.45) is 2.59. The van der Waals surface area contributed by atoms with Gasteiger partial charge in [0, 0.05) is 39.1 Å². The number of carbonyl (C=O) groups is 1. The summed E-state index contributed by atoms with van der Waals surface area (Å²) in [5, 5.41) is 0. The van der Waals surface area contributed by atoms with Gasteiger partial charge in [0.25, 0.3) is 5.56 Å². The van der Waals surface area contributed by atoms with E-state index in [4.69, 9.17) is 0 Å². The lowest BCUT2D eigenvalue weighted by Crippen LogP contribution is -2.50. The number of aryl methyl sites for hydroxylation is 1. The van der Waals surface area contributed by atoms with E-state index in [1.165, 1.54) is 0 Å². The molecule has 3 rings (SSSR count). The van der Waals surface area contributed by atoms with Crippen LogP contribution in [0.3, 0.4) is 0 Å². The van der Waals surface area contributed by atoms with E-state index < -0.39 is 0 Å². The van der Waals surface area contributed by atoms with Gasteiger partial charge in [-0.1, -0.05) is 25.5 Å². The van der Waals surface area contributed by atoms with Crippen molar-refractivity contribution in [3.63, 3.8) is 0 Å². The maximum absolute atomic E-state index is 12.8. The van der Waals surface area contributed by atoms with Crippen LogP contribution >= 0.6 is 0 Å². The van der Waals surface area contributed by atoms with Gasteiger partial charge >= 0.3 is 0 Å². The molecule has 0 saturated carbocycles. The molecule has 6 heteroatoms. The van der Waals surface area contributed by atoms with Crippen LogP contribution in [0.1, 0.15) is 33.1 Å². The number of fused-ring (bicyclic) bond motifs is 1. The van der Waals surface area contributed by atoms with E-state index in [2.05, 4.69) is 11.9 Å². The Bertz CT molecular complexity index is 807. The Kier molecular flexibility index (Phi) is 5.36. The molecule has 0 spiro atoms. The molecule has 1 amide bonds. The van der Waals surface area contributed by atoms with Crippen LogP contribution in [0.4, 0.5) is 5.82 Å². The standard InChI is InChI=1S/C19H26N4O2/c1-3-5-10-17(24)21-11-13-22(14-12-21)18-19(25)23(4-2)16-9-7-6-8-15(16)20-18/h6-9H,3-5,10-14H2,1-2H3. The van der Waals surface area contributed by atoms with Gasteiger partial charge in [0.1, 0.15) is 0 Å². The van der Waals surface area contributed by atoms with E-state index in [1.54, 1.807) is 4.57 Å². The third kappa shape index (κ3) is 3.52. The van der Waals surface area contributed by atoms with Gasteiger partial charge in [0.2, 0.25) is 5.91 Å². The molecular formula is C19H26N4O2. The summed E-state index contributed by atoms with van der Waals surface area (Å²) in [4.78, 5) is 33.6. The Balaban J connectivity index is 1.81. The molecule has 0 radical (unpaired) electrons. The van der Waals surface area contributed by atoms with Crippen LogP contribution in [0.2, 0.25) is 0 Å². The summed E-state index contributed by atoms with van der Waals surface area (Å²) < 4.78 is 1.77. The molecule has 0 unspecified atom stereocenters. The first-order chi connectivity index (χ1) is 12.2. The number of nitrogens with zero attached hydrogens (tertiary/aromatic N) is 4. The predicted molar refractivity (Wildman–Crippen MR) is 100.0 cm³/mol. The smallest absolute Gasteiger partial charge is 0.293 e. The van der Waals surface area contributed by atoms with Crippen molar-refractivity contribution in [2.24, 2.45) is 0 Å². The molecule has 1 aromatic heterocycles. The molecule has 2 heterocycles. The van der Waals surface area contributed by atoms with Crippen molar-refractivity contribution >= 4 is 22.8 Å². The number of hydrogen-bond donors (Lipinski definition) is 0. The molecule has 1 aliphatic rings. The summed E-state index contributed by atoms with van der Waals surface area (Å²) in [6, 6.07) is 7.74. The van der Waals surface area contributed by atoms with Gasteiger partial charge in [-0.3, -0.25) is 9.59 Å². The first-order valence-electron chi connectivity index (χ1n) is 9.18. The van der Waals surface area contributed by atoms with Crippen molar-refractivity contribution < 1.29 is 4.79 Å². The van der Waals surface area contributed by atoms with Gasteiger partial charge in [-0.15, -0.1) is 0 Å². The average molecular weight is 342 g/mol. The molecule has 0 aliphatic carbocycles. The van der Waals surface area contributed by atoms with E-state index >= 15 is 0 Å². The monoisotopic (exact) mass is 342 g/mol. The van der Waals surface area contributed by atoms with Gasteiger partial charge in [-0.05, 0) is 25.5 Å². The van der Waals surface area contributed by atoms with Crippen LogP contribution in [0.25, 0.3) is 11.0 Å². The highest BCUT2D eigenvalue weighted by Crippen LogP contribution is 2.16. The number of amides is 1. The van der Waals surface area contributed by atoms with Gasteiger partial charge in [-0.25, -0.2) is 4.98 Å². The number of piperazine rings is 1. The molecule has 2 aromatic rings. The lowest BCUT2D eigenvalue weighted by Gasteiger charge is -2.35. The van der Waals surface area contributed by atoms with Crippen LogP contribution in [0.5, 0.6) is 0 Å². The summed E-state index contributed by atoms with van der Waals surface area (Å²) in [5.74, 6) is 0.722. The van der Waals surface area contributed by atoms with Gasteiger partial charge in [0.15, 0.2) is 5.82 Å². The van der Waals surface area contributed by atoms with Crippen LogP contribution in [-0.2, 0) is 11.3 Å². The van der Waals surface area contributed by atoms with E-state index in [1.807, 2.05) is 41.0 Å². The third-order valence-corrected chi connectivity index (χ3v) is 4.83. The number of para-hydroxylation sites is 2. The second kappa shape index (κ2) is 7.68. The number of unbranched alkanes of at least 4 members (excludes halogenated alkanes) is 1. The van der Waals surface area contributed by atoms with Crippen LogP contribution in [0, 0.1) is 0 Å². The zero-order chi connectivity index (χ0) is 17.8. The molecule has 25 heavy (non-hydrogen) atoms. The molecule has 6 nitrogen and oxygen atoms in total. The van der Waals surface area contributed by atoms with Crippen molar-refractivity contribution in [2.75, 3.05) is 31.1 Å². The van der Waals surface area contributed by atoms with E-state index in [0.717, 1.165) is 23.9 Å². The van der Waals surface area contributed by atoms with Crippen molar-refractivity contribution in [3.05, 3.63) is 34.6 Å². The summed E-state index contributed by atoms with van der Waals surface area (Å²) in [7, 11) is 0. The fraction of sp³-hybridized carbons (Fsp3) is 0.526. The minimum atomic E-state index is -0.0491. The number of anilines is 1. The van der Waals surface area contributed by atoms with Crippen molar-refractivity contribution in [2.45, 2.75) is 39.7 Å². The largest absolute Gasteiger partial charge is 0.348 e.